The molecule has 0 saturated heterocycles. The summed E-state index contributed by atoms with van der Waals surface area (Å²) in [4.78, 5) is 12.5. The molecule has 1 atom stereocenters. The summed E-state index contributed by atoms with van der Waals surface area (Å²) in [7, 11) is 0. The maximum absolute atomic E-state index is 11.6. The maximum Gasteiger partial charge on any atom is 0.311 e. The van der Waals surface area contributed by atoms with Gasteiger partial charge in [0.05, 0.1) is 12.5 Å². The average Bonchev–Trinajstić information content (AvgIpc) is 3.13. The van der Waals surface area contributed by atoms with Gasteiger partial charge in [0.2, 0.25) is 0 Å². The van der Waals surface area contributed by atoms with Gasteiger partial charge in [0.25, 0.3) is 0 Å². The molecule has 1 heterocycles. The number of benzene rings is 2. The van der Waals surface area contributed by atoms with E-state index in [2.05, 4.69) is 84.9 Å². The number of thiophene rings is 1. The maximum atomic E-state index is 11.6. The number of carbonyl (C=O) groups is 1. The van der Waals surface area contributed by atoms with E-state index in [0.717, 1.165) is 38.3 Å². The molecule has 0 bridgehead atoms. The summed E-state index contributed by atoms with van der Waals surface area (Å²) < 4.78 is 7.52. The number of fused-ring (bicyclic) bond motifs is 1. The monoisotopic (exact) mass is 452 g/mol. The molecule has 0 fully saturated rings. The Hall–Kier alpha value is -2.33. The zero-order chi connectivity index (χ0) is 23.8. The van der Waals surface area contributed by atoms with Gasteiger partial charge in [-0.05, 0) is 53.5 Å². The lowest BCUT2D eigenvalue weighted by atomic mass is 9.78. The average molecular weight is 453 g/mol. The SMILES string of the molecule is CCCOc1c(-c2cccc3sc(C(C)C(=O)O)cc23)cc(C(C)(C)C)cc1C(C)(C)C. The number of hydrogen-bond donors (Lipinski definition) is 1. The molecule has 4 heteroatoms. The van der Waals surface area contributed by atoms with Crippen molar-refractivity contribution in [2.75, 3.05) is 6.61 Å². The molecule has 1 aromatic heterocycles. The predicted octanol–water partition coefficient (Wildman–Crippen LogP) is 8.14. The highest BCUT2D eigenvalue weighted by Gasteiger charge is 2.27. The summed E-state index contributed by atoms with van der Waals surface area (Å²) in [5.41, 5.74) is 4.58. The largest absolute Gasteiger partial charge is 0.493 e. The Morgan fingerprint density at radius 3 is 2.28 bits per heavy atom. The third-order valence-electron chi connectivity index (χ3n) is 5.88. The highest BCUT2D eigenvalue weighted by molar-refractivity contribution is 7.19. The van der Waals surface area contributed by atoms with Crippen LogP contribution in [0.25, 0.3) is 21.2 Å². The van der Waals surface area contributed by atoms with Crippen LogP contribution in [0.2, 0.25) is 0 Å². The van der Waals surface area contributed by atoms with Crippen molar-refractivity contribution in [3.05, 3.63) is 52.4 Å². The summed E-state index contributed by atoms with van der Waals surface area (Å²) in [6.07, 6.45) is 0.937. The highest BCUT2D eigenvalue weighted by Crippen LogP contribution is 2.46. The van der Waals surface area contributed by atoms with Gasteiger partial charge in [0.15, 0.2) is 0 Å². The summed E-state index contributed by atoms with van der Waals surface area (Å²) in [5.74, 6) is -0.379. The number of aliphatic carboxylic acids is 1. The first kappa shape index (κ1) is 24.3. The van der Waals surface area contributed by atoms with E-state index < -0.39 is 11.9 Å². The minimum absolute atomic E-state index is 0.0104. The van der Waals surface area contributed by atoms with Crippen LogP contribution < -0.4 is 4.74 Å². The summed E-state index contributed by atoms with van der Waals surface area (Å²) in [6, 6.07) is 12.9. The van der Waals surface area contributed by atoms with E-state index in [1.54, 1.807) is 18.3 Å². The number of hydrogen-bond acceptors (Lipinski definition) is 3. The zero-order valence-electron chi connectivity index (χ0n) is 20.6. The lowest BCUT2D eigenvalue weighted by Gasteiger charge is -2.29. The van der Waals surface area contributed by atoms with E-state index in [9.17, 15) is 9.90 Å². The van der Waals surface area contributed by atoms with Crippen molar-refractivity contribution < 1.29 is 14.6 Å². The molecule has 3 aromatic rings. The standard InChI is InChI=1S/C28H36O3S/c1-9-13-31-25-21(14-18(27(3,4)5)15-22(25)28(6,7)8)19-11-10-12-23-20(19)16-24(32-23)17(2)26(29)30/h10-12,14-17H,9,13H2,1-8H3,(H,29,30). The van der Waals surface area contributed by atoms with Crippen LogP contribution in [0.4, 0.5) is 0 Å². The van der Waals surface area contributed by atoms with Gasteiger partial charge in [-0.1, -0.05) is 66.7 Å². The van der Waals surface area contributed by atoms with Crippen molar-refractivity contribution >= 4 is 27.4 Å². The van der Waals surface area contributed by atoms with Crippen LogP contribution >= 0.6 is 11.3 Å². The fourth-order valence-corrected chi connectivity index (χ4v) is 4.96. The Balaban J connectivity index is 2.37. The van der Waals surface area contributed by atoms with Gasteiger partial charge in [-0.2, -0.15) is 0 Å². The van der Waals surface area contributed by atoms with E-state index in [4.69, 9.17) is 4.74 Å². The Labute approximate surface area is 196 Å². The second kappa shape index (κ2) is 8.90. The second-order valence-corrected chi connectivity index (χ2v) is 11.8. The van der Waals surface area contributed by atoms with Crippen molar-refractivity contribution in [3.8, 4) is 16.9 Å². The smallest absolute Gasteiger partial charge is 0.311 e. The molecule has 1 N–H and O–H groups in total. The van der Waals surface area contributed by atoms with Crippen LogP contribution in [0.5, 0.6) is 5.75 Å². The lowest BCUT2D eigenvalue weighted by molar-refractivity contribution is -0.138. The van der Waals surface area contributed by atoms with Gasteiger partial charge in [0, 0.05) is 26.1 Å². The quantitative estimate of drug-likeness (QED) is 0.410. The Morgan fingerprint density at radius 1 is 1.03 bits per heavy atom. The van der Waals surface area contributed by atoms with Crippen LogP contribution in [-0.2, 0) is 15.6 Å². The first-order chi connectivity index (χ1) is 14.8. The van der Waals surface area contributed by atoms with Crippen LogP contribution in [0.1, 0.15) is 83.7 Å². The van der Waals surface area contributed by atoms with Gasteiger partial charge < -0.3 is 9.84 Å². The highest BCUT2D eigenvalue weighted by atomic mass is 32.1. The van der Waals surface area contributed by atoms with Crippen molar-refractivity contribution in [2.45, 2.75) is 78.6 Å². The lowest BCUT2D eigenvalue weighted by Crippen LogP contribution is -2.18. The number of carboxylic acid groups (broad SMARTS) is 1. The summed E-state index contributed by atoms with van der Waals surface area (Å²) in [5, 5.41) is 10.6. The minimum Gasteiger partial charge on any atom is -0.493 e. The van der Waals surface area contributed by atoms with Crippen LogP contribution in [0.15, 0.2) is 36.4 Å². The molecule has 3 rings (SSSR count). The van der Waals surface area contributed by atoms with Gasteiger partial charge >= 0.3 is 5.97 Å². The normalized spacial score (nSPS) is 13.4. The molecular formula is C28H36O3S. The first-order valence-corrected chi connectivity index (χ1v) is 12.2. The van der Waals surface area contributed by atoms with E-state index >= 15 is 0 Å². The molecule has 3 nitrogen and oxygen atoms in total. The molecule has 172 valence electrons. The number of carboxylic acids is 1. The minimum atomic E-state index is -0.796. The Kier molecular flexibility index (Phi) is 6.76. The van der Waals surface area contributed by atoms with Crippen LogP contribution in [-0.4, -0.2) is 17.7 Å². The molecule has 0 aliphatic carbocycles. The number of rotatable bonds is 6. The summed E-state index contributed by atoms with van der Waals surface area (Å²) in [6.45, 7) is 17.9. The fourth-order valence-electron chi connectivity index (χ4n) is 3.83. The first-order valence-electron chi connectivity index (χ1n) is 11.4. The zero-order valence-corrected chi connectivity index (χ0v) is 21.4. The molecule has 0 saturated carbocycles. The van der Waals surface area contributed by atoms with Gasteiger partial charge in [-0.25, -0.2) is 0 Å². The van der Waals surface area contributed by atoms with Crippen molar-refractivity contribution in [2.24, 2.45) is 0 Å². The molecule has 1 unspecified atom stereocenters. The topological polar surface area (TPSA) is 46.5 Å². The second-order valence-electron chi connectivity index (χ2n) is 10.7. The molecular weight excluding hydrogens is 416 g/mol. The molecule has 32 heavy (non-hydrogen) atoms. The van der Waals surface area contributed by atoms with Crippen molar-refractivity contribution in [3.63, 3.8) is 0 Å². The van der Waals surface area contributed by atoms with E-state index in [1.165, 1.54) is 11.1 Å². The Morgan fingerprint density at radius 2 is 1.72 bits per heavy atom. The van der Waals surface area contributed by atoms with E-state index in [1.807, 2.05) is 0 Å². The Bertz CT molecular complexity index is 1130. The van der Waals surface area contributed by atoms with E-state index in [-0.39, 0.29) is 10.8 Å². The fraction of sp³-hybridized carbons (Fsp3) is 0.464. The van der Waals surface area contributed by atoms with Crippen LogP contribution in [0, 0.1) is 0 Å². The van der Waals surface area contributed by atoms with Crippen LogP contribution in [0.3, 0.4) is 0 Å². The van der Waals surface area contributed by atoms with Crippen molar-refractivity contribution in [1.29, 1.82) is 0 Å². The molecule has 0 radical (unpaired) electrons. The third-order valence-corrected chi connectivity index (χ3v) is 7.16. The van der Waals surface area contributed by atoms with E-state index in [0.29, 0.717) is 6.61 Å². The molecule has 0 aliphatic rings. The van der Waals surface area contributed by atoms with Gasteiger partial charge in [0.1, 0.15) is 5.75 Å². The molecule has 0 spiro atoms. The van der Waals surface area contributed by atoms with Gasteiger partial charge in [-0.15, -0.1) is 11.3 Å². The summed E-state index contributed by atoms with van der Waals surface area (Å²) >= 11 is 1.56. The van der Waals surface area contributed by atoms with Crippen molar-refractivity contribution in [1.82, 2.24) is 0 Å². The molecule has 0 aliphatic heterocycles. The predicted molar refractivity (Wildman–Crippen MR) is 136 cm³/mol. The molecule has 0 amide bonds. The third kappa shape index (κ3) is 4.85. The molecule has 2 aromatic carbocycles. The number of ether oxygens (including phenoxy) is 1. The van der Waals surface area contributed by atoms with Gasteiger partial charge in [-0.3, -0.25) is 4.79 Å².